The standard InChI is InChI=1S/C18H21NO7S/c1-4-26-18(21)15(12(3)20)16(13-8-6-5-7-9-13)17-11(2)14(19(22)23)10-27(17,24)25/h5-9,14-16H,4,10H2,1-3H3. The average molecular weight is 395 g/mol. The van der Waals surface area contributed by atoms with E-state index in [9.17, 15) is 28.1 Å². The summed E-state index contributed by atoms with van der Waals surface area (Å²) >= 11 is 0. The zero-order valence-electron chi connectivity index (χ0n) is 15.2. The lowest BCUT2D eigenvalue weighted by Crippen LogP contribution is -2.33. The number of carbonyl (C=O) groups is 2. The number of ether oxygens (including phenoxy) is 1. The van der Waals surface area contributed by atoms with Crippen LogP contribution in [0.2, 0.25) is 0 Å². The number of rotatable bonds is 7. The fourth-order valence-corrected chi connectivity index (χ4v) is 5.67. The number of sulfone groups is 1. The molecule has 1 aliphatic rings. The summed E-state index contributed by atoms with van der Waals surface area (Å²) in [4.78, 5) is 35.2. The number of carbonyl (C=O) groups excluding carboxylic acids is 2. The highest BCUT2D eigenvalue weighted by Gasteiger charge is 2.50. The summed E-state index contributed by atoms with van der Waals surface area (Å²) in [5, 5.41) is 11.3. The van der Waals surface area contributed by atoms with E-state index in [1.54, 1.807) is 37.3 Å². The molecule has 0 bridgehead atoms. The molecule has 0 spiro atoms. The normalized spacial score (nSPS) is 20.8. The van der Waals surface area contributed by atoms with Crippen molar-refractivity contribution < 1.29 is 27.7 Å². The van der Waals surface area contributed by atoms with Gasteiger partial charge < -0.3 is 4.74 Å². The number of nitro groups is 1. The van der Waals surface area contributed by atoms with Crippen LogP contribution in [0.15, 0.2) is 40.8 Å². The molecule has 0 fully saturated rings. The zero-order valence-corrected chi connectivity index (χ0v) is 16.1. The molecule has 1 aromatic rings. The molecule has 1 heterocycles. The van der Waals surface area contributed by atoms with Crippen LogP contribution in [0.25, 0.3) is 0 Å². The van der Waals surface area contributed by atoms with Crippen LogP contribution in [0.5, 0.6) is 0 Å². The van der Waals surface area contributed by atoms with E-state index in [1.165, 1.54) is 13.8 Å². The van der Waals surface area contributed by atoms with Crippen molar-refractivity contribution >= 4 is 21.6 Å². The lowest BCUT2D eigenvalue weighted by atomic mass is 9.81. The van der Waals surface area contributed by atoms with Crippen molar-refractivity contribution in [2.75, 3.05) is 12.4 Å². The van der Waals surface area contributed by atoms with Crippen molar-refractivity contribution in [2.45, 2.75) is 32.7 Å². The quantitative estimate of drug-likeness (QED) is 0.299. The van der Waals surface area contributed by atoms with Crippen molar-refractivity contribution in [3.8, 4) is 0 Å². The summed E-state index contributed by atoms with van der Waals surface area (Å²) < 4.78 is 30.6. The van der Waals surface area contributed by atoms with Crippen LogP contribution in [-0.2, 0) is 24.2 Å². The minimum atomic E-state index is -4.03. The smallest absolute Gasteiger partial charge is 0.317 e. The molecule has 0 amide bonds. The number of allylic oxidation sites excluding steroid dienone is 1. The van der Waals surface area contributed by atoms with Gasteiger partial charge in [0.15, 0.2) is 9.84 Å². The van der Waals surface area contributed by atoms with Crippen molar-refractivity contribution in [3.05, 3.63) is 56.5 Å². The van der Waals surface area contributed by atoms with Gasteiger partial charge in [-0.25, -0.2) is 8.42 Å². The molecule has 0 aromatic heterocycles. The molecule has 3 atom stereocenters. The molecule has 146 valence electrons. The van der Waals surface area contributed by atoms with E-state index in [0.717, 1.165) is 0 Å². The molecule has 0 N–H and O–H groups in total. The van der Waals surface area contributed by atoms with Gasteiger partial charge in [-0.2, -0.15) is 0 Å². The summed E-state index contributed by atoms with van der Waals surface area (Å²) in [5.74, 6) is -4.67. The highest BCUT2D eigenvalue weighted by molar-refractivity contribution is 7.95. The Morgan fingerprint density at radius 2 is 1.89 bits per heavy atom. The molecular formula is C18H21NO7S. The molecule has 1 aliphatic heterocycles. The van der Waals surface area contributed by atoms with E-state index < -0.39 is 50.1 Å². The lowest BCUT2D eigenvalue weighted by molar-refractivity contribution is -0.505. The van der Waals surface area contributed by atoms with E-state index in [-0.39, 0.29) is 17.1 Å². The van der Waals surface area contributed by atoms with E-state index in [1.807, 2.05) is 0 Å². The minimum Gasteiger partial charge on any atom is -0.465 e. The maximum atomic E-state index is 12.8. The fourth-order valence-electron chi connectivity index (χ4n) is 3.41. The first kappa shape index (κ1) is 20.8. The number of Topliss-reactive ketones (excluding diaryl/α,β-unsaturated/α-hetero) is 1. The van der Waals surface area contributed by atoms with Crippen LogP contribution in [0.4, 0.5) is 0 Å². The Bertz CT molecular complexity index is 890. The number of esters is 1. The Labute approximate surface area is 157 Å². The van der Waals surface area contributed by atoms with Gasteiger partial charge in [0.1, 0.15) is 17.5 Å². The molecule has 0 aliphatic carbocycles. The second-order valence-electron chi connectivity index (χ2n) is 6.36. The Morgan fingerprint density at radius 3 is 2.33 bits per heavy atom. The van der Waals surface area contributed by atoms with Gasteiger partial charge >= 0.3 is 5.97 Å². The SMILES string of the molecule is CCOC(=O)C(C(C)=O)C(C1=C(C)C([N+](=O)[O-])CS1(=O)=O)c1ccccc1. The summed E-state index contributed by atoms with van der Waals surface area (Å²) in [5.41, 5.74) is 0.456. The average Bonchev–Trinajstić information content (AvgIpc) is 2.83. The number of benzene rings is 1. The van der Waals surface area contributed by atoms with Gasteiger partial charge in [0.25, 0.3) is 0 Å². The topological polar surface area (TPSA) is 121 Å². The van der Waals surface area contributed by atoms with Crippen LogP contribution >= 0.6 is 0 Å². The van der Waals surface area contributed by atoms with E-state index in [2.05, 4.69) is 0 Å². The fraction of sp³-hybridized carbons (Fsp3) is 0.444. The molecule has 2 rings (SSSR count). The Hall–Kier alpha value is -2.55. The summed E-state index contributed by atoms with van der Waals surface area (Å²) in [6.07, 6.45) is 0. The largest absolute Gasteiger partial charge is 0.465 e. The van der Waals surface area contributed by atoms with Crippen molar-refractivity contribution in [1.29, 1.82) is 0 Å². The van der Waals surface area contributed by atoms with Crippen LogP contribution in [-0.4, -0.2) is 43.5 Å². The number of ketones is 1. The van der Waals surface area contributed by atoms with Gasteiger partial charge in [-0.15, -0.1) is 0 Å². The van der Waals surface area contributed by atoms with Crippen LogP contribution in [0, 0.1) is 16.0 Å². The molecule has 0 saturated carbocycles. The Balaban J connectivity index is 2.75. The molecule has 0 saturated heterocycles. The monoisotopic (exact) mass is 395 g/mol. The van der Waals surface area contributed by atoms with Gasteiger partial charge in [0, 0.05) is 16.4 Å². The molecule has 27 heavy (non-hydrogen) atoms. The minimum absolute atomic E-state index is 0.0203. The Morgan fingerprint density at radius 1 is 1.30 bits per heavy atom. The van der Waals surface area contributed by atoms with Gasteiger partial charge in [-0.1, -0.05) is 30.3 Å². The second-order valence-corrected chi connectivity index (χ2v) is 8.36. The number of hydrogen-bond donors (Lipinski definition) is 0. The van der Waals surface area contributed by atoms with Crippen molar-refractivity contribution in [2.24, 2.45) is 5.92 Å². The molecule has 9 heteroatoms. The predicted molar refractivity (Wildman–Crippen MR) is 97.3 cm³/mol. The first-order valence-corrected chi connectivity index (χ1v) is 10.1. The van der Waals surface area contributed by atoms with E-state index in [0.29, 0.717) is 5.56 Å². The van der Waals surface area contributed by atoms with Crippen molar-refractivity contribution in [3.63, 3.8) is 0 Å². The Kier molecular flexibility index (Phi) is 6.15. The van der Waals surface area contributed by atoms with Crippen LogP contribution in [0.3, 0.4) is 0 Å². The first-order valence-electron chi connectivity index (χ1n) is 8.40. The second kappa shape index (κ2) is 7.99. The third-order valence-corrected chi connectivity index (χ3v) is 6.61. The lowest BCUT2D eigenvalue weighted by Gasteiger charge is -2.25. The number of nitrogens with zero attached hydrogens (tertiary/aromatic N) is 1. The third-order valence-electron chi connectivity index (χ3n) is 4.61. The molecular weight excluding hydrogens is 374 g/mol. The van der Waals surface area contributed by atoms with Crippen molar-refractivity contribution in [1.82, 2.24) is 0 Å². The molecule has 3 unspecified atom stereocenters. The van der Waals surface area contributed by atoms with Crippen LogP contribution in [0.1, 0.15) is 32.3 Å². The summed E-state index contributed by atoms with van der Waals surface area (Å²) in [7, 11) is -4.03. The van der Waals surface area contributed by atoms with Gasteiger partial charge in [0.05, 0.1) is 11.5 Å². The molecule has 8 nitrogen and oxygen atoms in total. The van der Waals surface area contributed by atoms with Gasteiger partial charge in [-0.3, -0.25) is 19.7 Å². The highest BCUT2D eigenvalue weighted by Crippen LogP contribution is 2.43. The zero-order chi connectivity index (χ0) is 20.4. The highest BCUT2D eigenvalue weighted by atomic mass is 32.2. The predicted octanol–water partition coefficient (Wildman–Crippen LogP) is 1.89. The summed E-state index contributed by atoms with van der Waals surface area (Å²) in [6, 6.07) is 6.79. The summed E-state index contributed by atoms with van der Waals surface area (Å²) in [6.45, 7) is 4.14. The number of hydrogen-bond acceptors (Lipinski definition) is 7. The maximum Gasteiger partial charge on any atom is 0.317 e. The first-order chi connectivity index (χ1) is 12.6. The van der Waals surface area contributed by atoms with Crippen LogP contribution < -0.4 is 0 Å². The third kappa shape index (κ3) is 4.08. The van der Waals surface area contributed by atoms with Gasteiger partial charge in [-0.05, 0) is 26.3 Å². The van der Waals surface area contributed by atoms with E-state index in [4.69, 9.17) is 4.74 Å². The molecule has 1 aromatic carbocycles. The van der Waals surface area contributed by atoms with Gasteiger partial charge in [0.2, 0.25) is 6.04 Å². The molecule has 0 radical (unpaired) electrons. The maximum absolute atomic E-state index is 12.8. The van der Waals surface area contributed by atoms with E-state index >= 15 is 0 Å².